The lowest BCUT2D eigenvalue weighted by molar-refractivity contribution is -0.137. The van der Waals surface area contributed by atoms with Gasteiger partial charge in [0.15, 0.2) is 5.78 Å². The molecule has 0 amide bonds. The van der Waals surface area contributed by atoms with Crippen LogP contribution in [0.5, 0.6) is 0 Å². The summed E-state index contributed by atoms with van der Waals surface area (Å²) in [6.45, 7) is 11.1. The lowest BCUT2D eigenvalue weighted by atomic mass is 10.0. The van der Waals surface area contributed by atoms with Gasteiger partial charge in [-0.15, -0.1) is 0 Å². The standard InChI is InChI=1S/C21H28F3N3O/c1-6-16(13-25-15(4)26-14-19(7-2)27(5)8-3)20(28)17-10-9-11-18(12-17)21(22,23)24/h6,9-13,19H,1,7-8,14H2,2-5H3,(H,25,26)/b16-13+. The van der Waals surface area contributed by atoms with Crippen molar-refractivity contribution in [1.82, 2.24) is 10.2 Å². The van der Waals surface area contributed by atoms with Crippen LogP contribution in [0, 0.1) is 0 Å². The second-order valence-electron chi connectivity index (χ2n) is 6.42. The van der Waals surface area contributed by atoms with Crippen molar-refractivity contribution in [2.75, 3.05) is 20.1 Å². The van der Waals surface area contributed by atoms with Gasteiger partial charge in [0.05, 0.1) is 17.9 Å². The molecule has 1 unspecified atom stereocenters. The molecule has 0 heterocycles. The number of amidine groups is 1. The fourth-order valence-electron chi connectivity index (χ4n) is 2.53. The molecule has 0 aromatic heterocycles. The number of ketones is 1. The summed E-state index contributed by atoms with van der Waals surface area (Å²) in [4.78, 5) is 19.2. The monoisotopic (exact) mass is 395 g/mol. The Hall–Kier alpha value is -2.41. The van der Waals surface area contributed by atoms with Gasteiger partial charge in [0.25, 0.3) is 0 Å². The highest BCUT2D eigenvalue weighted by atomic mass is 19.4. The van der Waals surface area contributed by atoms with E-state index in [4.69, 9.17) is 0 Å². The SMILES string of the molecule is C=C/C(=C\NC(C)=NCC(CC)N(C)CC)C(=O)c1cccc(C(F)(F)F)c1. The molecule has 0 aliphatic rings. The predicted molar refractivity (Wildman–Crippen MR) is 108 cm³/mol. The summed E-state index contributed by atoms with van der Waals surface area (Å²) in [5.74, 6) is 0.0673. The minimum atomic E-state index is -4.50. The molecular formula is C21H28F3N3O. The van der Waals surface area contributed by atoms with Gasteiger partial charge >= 0.3 is 6.18 Å². The largest absolute Gasteiger partial charge is 0.416 e. The number of hydrogen-bond acceptors (Lipinski definition) is 3. The van der Waals surface area contributed by atoms with E-state index in [-0.39, 0.29) is 11.1 Å². The van der Waals surface area contributed by atoms with Crippen LogP contribution in [-0.2, 0) is 6.18 Å². The van der Waals surface area contributed by atoms with Crippen molar-refractivity contribution in [3.8, 4) is 0 Å². The van der Waals surface area contributed by atoms with Crippen molar-refractivity contribution >= 4 is 11.6 Å². The number of allylic oxidation sites excluding steroid dienone is 2. The molecule has 28 heavy (non-hydrogen) atoms. The lowest BCUT2D eigenvalue weighted by Crippen LogP contribution is -2.34. The third kappa shape index (κ3) is 6.96. The van der Waals surface area contributed by atoms with Gasteiger partial charge in [0.2, 0.25) is 0 Å². The van der Waals surface area contributed by atoms with Crippen molar-refractivity contribution in [3.63, 3.8) is 0 Å². The van der Waals surface area contributed by atoms with Crippen LogP contribution in [-0.4, -0.2) is 42.7 Å². The molecule has 7 heteroatoms. The molecule has 0 radical (unpaired) electrons. The number of carbonyl (C=O) groups is 1. The van der Waals surface area contributed by atoms with Crippen LogP contribution in [0.1, 0.15) is 43.1 Å². The number of rotatable bonds is 9. The molecular weight excluding hydrogens is 367 g/mol. The number of hydrogen-bond donors (Lipinski definition) is 1. The van der Waals surface area contributed by atoms with Gasteiger partial charge in [-0.1, -0.05) is 38.6 Å². The predicted octanol–water partition coefficient (Wildman–Crippen LogP) is 4.70. The quantitative estimate of drug-likeness (QED) is 0.217. The summed E-state index contributed by atoms with van der Waals surface area (Å²) < 4.78 is 38.6. The number of carbonyl (C=O) groups excluding carboxylic acids is 1. The lowest BCUT2D eigenvalue weighted by Gasteiger charge is -2.24. The van der Waals surface area contributed by atoms with E-state index in [1.54, 1.807) is 6.92 Å². The molecule has 0 aliphatic carbocycles. The van der Waals surface area contributed by atoms with Crippen molar-refractivity contribution < 1.29 is 18.0 Å². The molecule has 4 nitrogen and oxygen atoms in total. The van der Waals surface area contributed by atoms with Gasteiger partial charge in [-0.05, 0) is 39.1 Å². The average molecular weight is 395 g/mol. The zero-order valence-corrected chi connectivity index (χ0v) is 16.8. The first kappa shape index (κ1) is 23.6. The minimum absolute atomic E-state index is 0.0482. The Balaban J connectivity index is 2.90. The van der Waals surface area contributed by atoms with E-state index in [0.717, 1.165) is 25.1 Å². The first-order valence-electron chi connectivity index (χ1n) is 9.16. The third-order valence-electron chi connectivity index (χ3n) is 4.50. The Morgan fingerprint density at radius 2 is 2.04 bits per heavy atom. The number of aliphatic imine (C=N–C) groups is 1. The van der Waals surface area contributed by atoms with E-state index < -0.39 is 17.5 Å². The smallest absolute Gasteiger partial charge is 0.350 e. The molecule has 1 atom stereocenters. The number of likely N-dealkylation sites (N-methyl/N-ethyl adjacent to an activating group) is 1. The Morgan fingerprint density at radius 1 is 1.36 bits per heavy atom. The van der Waals surface area contributed by atoms with Crippen LogP contribution in [0.15, 0.2) is 53.7 Å². The summed E-state index contributed by atoms with van der Waals surface area (Å²) in [6, 6.07) is 4.65. The van der Waals surface area contributed by atoms with Crippen molar-refractivity contribution in [1.29, 1.82) is 0 Å². The molecule has 1 aromatic rings. The van der Waals surface area contributed by atoms with Gasteiger partial charge < -0.3 is 10.2 Å². The molecule has 1 rings (SSSR count). The number of nitrogens with one attached hydrogen (secondary N) is 1. The Bertz CT molecular complexity index is 739. The number of halogens is 3. The first-order chi connectivity index (χ1) is 13.1. The maximum atomic E-state index is 12.9. The molecule has 0 aliphatic heterocycles. The highest BCUT2D eigenvalue weighted by molar-refractivity contribution is 6.10. The van der Waals surface area contributed by atoms with Crippen molar-refractivity contribution in [2.24, 2.45) is 4.99 Å². The van der Waals surface area contributed by atoms with E-state index in [1.807, 2.05) is 7.05 Å². The first-order valence-corrected chi connectivity index (χ1v) is 9.16. The molecule has 154 valence electrons. The highest BCUT2D eigenvalue weighted by Crippen LogP contribution is 2.30. The zero-order chi connectivity index (χ0) is 21.3. The summed E-state index contributed by atoms with van der Waals surface area (Å²) in [7, 11) is 2.04. The summed E-state index contributed by atoms with van der Waals surface area (Å²) >= 11 is 0. The summed E-state index contributed by atoms with van der Waals surface area (Å²) in [5.41, 5.74) is -0.752. The fourth-order valence-corrected chi connectivity index (χ4v) is 2.53. The van der Waals surface area contributed by atoms with E-state index in [0.29, 0.717) is 18.4 Å². The maximum Gasteiger partial charge on any atom is 0.416 e. The number of alkyl halides is 3. The topological polar surface area (TPSA) is 44.7 Å². The van der Waals surface area contributed by atoms with Gasteiger partial charge in [-0.3, -0.25) is 9.79 Å². The second-order valence-corrected chi connectivity index (χ2v) is 6.42. The fraction of sp³-hybridized carbons (Fsp3) is 0.429. The van der Waals surface area contributed by atoms with Crippen LogP contribution in [0.25, 0.3) is 0 Å². The van der Waals surface area contributed by atoms with Gasteiger partial charge in [-0.2, -0.15) is 13.2 Å². The van der Waals surface area contributed by atoms with E-state index in [9.17, 15) is 18.0 Å². The average Bonchev–Trinajstić information content (AvgIpc) is 2.67. The number of nitrogens with zero attached hydrogens (tertiary/aromatic N) is 2. The van der Waals surface area contributed by atoms with Crippen molar-refractivity contribution in [3.05, 3.63) is 59.8 Å². The van der Waals surface area contributed by atoms with Crippen molar-refractivity contribution in [2.45, 2.75) is 39.4 Å². The van der Waals surface area contributed by atoms with Crippen LogP contribution in [0.3, 0.4) is 0 Å². The van der Waals surface area contributed by atoms with Gasteiger partial charge in [-0.25, -0.2) is 0 Å². The van der Waals surface area contributed by atoms with E-state index in [2.05, 4.69) is 35.6 Å². The van der Waals surface area contributed by atoms with Crippen LogP contribution in [0.2, 0.25) is 0 Å². The van der Waals surface area contributed by atoms with Crippen LogP contribution < -0.4 is 5.32 Å². The van der Waals surface area contributed by atoms with E-state index >= 15 is 0 Å². The Kier molecular flexibility index (Phi) is 9.12. The Labute approximate surface area is 164 Å². The molecule has 1 N–H and O–H groups in total. The Morgan fingerprint density at radius 3 is 2.57 bits per heavy atom. The van der Waals surface area contributed by atoms with Gasteiger partial charge in [0.1, 0.15) is 0 Å². The molecule has 0 saturated carbocycles. The molecule has 0 saturated heterocycles. The minimum Gasteiger partial charge on any atom is -0.350 e. The third-order valence-corrected chi connectivity index (χ3v) is 4.50. The van der Waals surface area contributed by atoms with E-state index in [1.165, 1.54) is 24.4 Å². The molecule has 0 bridgehead atoms. The van der Waals surface area contributed by atoms with Crippen LogP contribution in [0.4, 0.5) is 13.2 Å². The highest BCUT2D eigenvalue weighted by Gasteiger charge is 2.31. The number of benzene rings is 1. The molecule has 0 fully saturated rings. The molecule has 0 spiro atoms. The zero-order valence-electron chi connectivity index (χ0n) is 16.8. The molecule has 1 aromatic carbocycles. The van der Waals surface area contributed by atoms with Crippen LogP contribution >= 0.6 is 0 Å². The number of Topliss-reactive ketones (excluding diaryl/α,β-unsaturated/α-hetero) is 1. The second kappa shape index (κ2) is 10.8. The normalized spacial score (nSPS) is 14.1. The van der Waals surface area contributed by atoms with Gasteiger partial charge in [0, 0.05) is 23.4 Å². The maximum absolute atomic E-state index is 12.9. The summed E-state index contributed by atoms with van der Waals surface area (Å²) in [5, 5.41) is 2.92. The summed E-state index contributed by atoms with van der Waals surface area (Å²) in [6.07, 6.45) is -0.818.